The number of morpholine rings is 1. The number of piperidine rings is 1. The van der Waals surface area contributed by atoms with Gasteiger partial charge >= 0.3 is 5.97 Å². The third kappa shape index (κ3) is 7.51. The van der Waals surface area contributed by atoms with Crippen LogP contribution in [-0.4, -0.2) is 90.0 Å². The van der Waals surface area contributed by atoms with Gasteiger partial charge in [0.2, 0.25) is 5.91 Å². The lowest BCUT2D eigenvalue weighted by atomic mass is 10.1. The van der Waals surface area contributed by atoms with Gasteiger partial charge in [-0.1, -0.05) is 12.2 Å². The van der Waals surface area contributed by atoms with Crippen LogP contribution < -0.4 is 0 Å². The van der Waals surface area contributed by atoms with E-state index >= 15 is 0 Å². The smallest absolute Gasteiger partial charge is 0.338 e. The Balaban J connectivity index is 2.23. The number of carbonyl (C=O) groups excluding carboxylic acids is 3. The number of ether oxygens (including phenoxy) is 3. The molecule has 2 heterocycles. The predicted octanol–water partition coefficient (Wildman–Crippen LogP) is 1.96. The van der Waals surface area contributed by atoms with Crippen molar-refractivity contribution < 1.29 is 33.7 Å². The summed E-state index contributed by atoms with van der Waals surface area (Å²) in [5, 5.41) is 10.5. The number of hydrogen-bond donors (Lipinski definition) is 1. The van der Waals surface area contributed by atoms with E-state index in [1.807, 2.05) is 0 Å². The minimum atomic E-state index is -1.76. The Morgan fingerprint density at radius 2 is 2.03 bits per heavy atom. The van der Waals surface area contributed by atoms with E-state index in [9.17, 15) is 19.5 Å². The highest BCUT2D eigenvalue weighted by Crippen LogP contribution is 2.22. The summed E-state index contributed by atoms with van der Waals surface area (Å²) >= 11 is 0. The van der Waals surface area contributed by atoms with Gasteiger partial charge in [-0.05, 0) is 53.0 Å². The molecule has 3 atom stereocenters. The molecule has 2 fully saturated rings. The normalized spacial score (nSPS) is 23.5. The van der Waals surface area contributed by atoms with Crippen molar-refractivity contribution in [1.29, 1.82) is 0 Å². The van der Waals surface area contributed by atoms with Crippen LogP contribution in [0.1, 0.15) is 47.0 Å². The number of amides is 2. The van der Waals surface area contributed by atoms with E-state index in [4.69, 9.17) is 14.2 Å². The van der Waals surface area contributed by atoms with Crippen molar-refractivity contribution in [1.82, 2.24) is 9.80 Å². The molecule has 0 aliphatic carbocycles. The van der Waals surface area contributed by atoms with Gasteiger partial charge in [0.1, 0.15) is 5.60 Å². The number of rotatable bonds is 8. The molecule has 2 amide bonds. The summed E-state index contributed by atoms with van der Waals surface area (Å²) in [6.07, 6.45) is 4.20. The number of nitrogens with zero attached hydrogens (tertiary/aromatic N) is 2. The fourth-order valence-electron chi connectivity index (χ4n) is 3.87. The lowest BCUT2D eigenvalue weighted by Crippen LogP contribution is -2.54. The van der Waals surface area contributed by atoms with Crippen LogP contribution in [0, 0.1) is 0 Å². The molecule has 0 bridgehead atoms. The van der Waals surface area contributed by atoms with Crippen LogP contribution in [0.15, 0.2) is 36.1 Å². The van der Waals surface area contributed by atoms with E-state index in [1.165, 1.54) is 4.90 Å². The molecule has 0 spiro atoms. The number of methoxy groups -OCH3 is 1. The number of carbonyl (C=O) groups is 3. The number of aliphatic hydroxyl groups is 1. The second-order valence-electron chi connectivity index (χ2n) is 9.49. The zero-order valence-electron chi connectivity index (χ0n) is 20.9. The van der Waals surface area contributed by atoms with Crippen LogP contribution in [0.25, 0.3) is 0 Å². The summed E-state index contributed by atoms with van der Waals surface area (Å²) in [7, 11) is 1.64. The topological polar surface area (TPSA) is 106 Å². The summed E-state index contributed by atoms with van der Waals surface area (Å²) in [6, 6.07) is 0. The largest absolute Gasteiger partial charge is 0.458 e. The van der Waals surface area contributed by atoms with Gasteiger partial charge < -0.3 is 29.1 Å². The maximum absolute atomic E-state index is 13.2. The summed E-state index contributed by atoms with van der Waals surface area (Å²) in [4.78, 5) is 41.8. The lowest BCUT2D eigenvalue weighted by Gasteiger charge is -2.35. The SMILES string of the molecule is C=CC/C=C(\C=C(/C)C(=O)N1CCC[C@@H](OC)C1)N1CCO[C@H]([C@@H](O)C(=O)OC(C)(C)C)C1=O. The number of hydrogen-bond acceptors (Lipinski definition) is 7. The summed E-state index contributed by atoms with van der Waals surface area (Å²) in [6.45, 7) is 11.9. The van der Waals surface area contributed by atoms with Crippen LogP contribution in [0.2, 0.25) is 0 Å². The van der Waals surface area contributed by atoms with Gasteiger partial charge in [0, 0.05) is 38.0 Å². The van der Waals surface area contributed by atoms with Gasteiger partial charge in [-0.2, -0.15) is 0 Å². The van der Waals surface area contributed by atoms with Crippen molar-refractivity contribution in [2.75, 3.05) is 33.4 Å². The van der Waals surface area contributed by atoms with E-state index in [0.29, 0.717) is 30.8 Å². The highest BCUT2D eigenvalue weighted by Gasteiger charge is 2.41. The fourth-order valence-corrected chi connectivity index (χ4v) is 3.87. The first-order valence-corrected chi connectivity index (χ1v) is 11.6. The Hall–Kier alpha value is -2.49. The van der Waals surface area contributed by atoms with Crippen LogP contribution >= 0.6 is 0 Å². The molecular formula is C25H38N2O7. The first-order valence-electron chi connectivity index (χ1n) is 11.6. The molecule has 1 N–H and O–H groups in total. The second kappa shape index (κ2) is 12.3. The van der Waals surface area contributed by atoms with Crippen LogP contribution in [0.4, 0.5) is 0 Å². The van der Waals surface area contributed by atoms with E-state index in [2.05, 4.69) is 6.58 Å². The van der Waals surface area contributed by atoms with Crippen molar-refractivity contribution in [3.8, 4) is 0 Å². The van der Waals surface area contributed by atoms with E-state index in [0.717, 1.165) is 12.8 Å². The maximum atomic E-state index is 13.2. The van der Waals surface area contributed by atoms with Gasteiger partial charge in [0.25, 0.3) is 5.91 Å². The highest BCUT2D eigenvalue weighted by atomic mass is 16.6. The number of aliphatic hydroxyl groups excluding tert-OH is 1. The molecule has 2 aliphatic rings. The Morgan fingerprint density at radius 3 is 2.65 bits per heavy atom. The monoisotopic (exact) mass is 478 g/mol. The fraction of sp³-hybridized carbons (Fsp3) is 0.640. The van der Waals surface area contributed by atoms with Crippen LogP contribution in [-0.2, 0) is 28.6 Å². The number of esters is 1. The maximum Gasteiger partial charge on any atom is 0.338 e. The van der Waals surface area contributed by atoms with Crippen molar-refractivity contribution in [2.24, 2.45) is 0 Å². The van der Waals surface area contributed by atoms with Crippen molar-refractivity contribution in [3.05, 3.63) is 36.1 Å². The molecule has 9 nitrogen and oxygen atoms in total. The lowest BCUT2D eigenvalue weighted by molar-refractivity contribution is -0.183. The van der Waals surface area contributed by atoms with E-state index < -0.39 is 29.7 Å². The van der Waals surface area contributed by atoms with Gasteiger partial charge in [0.05, 0.1) is 12.7 Å². The molecule has 2 rings (SSSR count). The molecule has 9 heteroatoms. The summed E-state index contributed by atoms with van der Waals surface area (Å²) < 4.78 is 16.1. The molecule has 34 heavy (non-hydrogen) atoms. The van der Waals surface area contributed by atoms with E-state index in [1.54, 1.807) is 57.9 Å². The van der Waals surface area contributed by atoms with Gasteiger partial charge in [0.15, 0.2) is 12.2 Å². The van der Waals surface area contributed by atoms with Gasteiger partial charge in [-0.25, -0.2) is 4.79 Å². The number of allylic oxidation sites excluding steroid dienone is 3. The molecular weight excluding hydrogens is 440 g/mol. The van der Waals surface area contributed by atoms with Crippen LogP contribution in [0.3, 0.4) is 0 Å². The van der Waals surface area contributed by atoms with Gasteiger partial charge in [-0.3, -0.25) is 9.59 Å². The minimum Gasteiger partial charge on any atom is -0.458 e. The third-order valence-corrected chi connectivity index (χ3v) is 5.56. The molecule has 0 unspecified atom stereocenters. The Morgan fingerprint density at radius 1 is 1.32 bits per heavy atom. The molecule has 190 valence electrons. The Kier molecular flexibility index (Phi) is 10.0. The minimum absolute atomic E-state index is 0.0113. The summed E-state index contributed by atoms with van der Waals surface area (Å²) in [5.41, 5.74) is 0.136. The van der Waals surface area contributed by atoms with Crippen LogP contribution in [0.5, 0.6) is 0 Å². The molecule has 0 aromatic heterocycles. The average Bonchev–Trinajstić information content (AvgIpc) is 2.79. The Labute approximate surface area is 202 Å². The molecule has 0 aromatic rings. The molecule has 2 saturated heterocycles. The van der Waals surface area contributed by atoms with E-state index in [-0.39, 0.29) is 25.2 Å². The predicted molar refractivity (Wildman–Crippen MR) is 127 cm³/mol. The molecule has 0 radical (unpaired) electrons. The third-order valence-electron chi connectivity index (χ3n) is 5.56. The molecule has 0 saturated carbocycles. The summed E-state index contributed by atoms with van der Waals surface area (Å²) in [5.74, 6) is -1.63. The average molecular weight is 479 g/mol. The zero-order valence-corrected chi connectivity index (χ0v) is 20.9. The van der Waals surface area contributed by atoms with Crippen molar-refractivity contribution >= 4 is 17.8 Å². The second-order valence-corrected chi connectivity index (χ2v) is 9.49. The van der Waals surface area contributed by atoms with Gasteiger partial charge in [-0.15, -0.1) is 6.58 Å². The zero-order chi connectivity index (χ0) is 25.5. The van der Waals surface area contributed by atoms with Crippen molar-refractivity contribution in [2.45, 2.75) is 70.9 Å². The number of likely N-dealkylation sites (tertiary alicyclic amines) is 1. The van der Waals surface area contributed by atoms with Crippen molar-refractivity contribution in [3.63, 3.8) is 0 Å². The molecule has 2 aliphatic heterocycles. The quantitative estimate of drug-likeness (QED) is 0.246. The standard InChI is InChI=1S/C25H38N2O7/c1-7-8-10-18(15-17(2)22(29)26-12-9-11-19(16-26)32-6)27-13-14-33-21(23(27)30)20(28)24(31)34-25(3,4)5/h7,10,15,19-21,28H,1,8-9,11-14,16H2,2-6H3/b17-15+,18-10+/t19-,20-,21-/m1/s1. The molecule has 0 aromatic carbocycles. The highest BCUT2D eigenvalue weighted by molar-refractivity contribution is 5.94. The first-order chi connectivity index (χ1) is 16.0. The Bertz CT molecular complexity index is 828. The first kappa shape index (κ1) is 27.8.